The topological polar surface area (TPSA) is 64.4 Å². The molecule has 0 N–H and O–H groups in total. The molecular weight excluding hydrogens is 402 g/mol. The summed E-state index contributed by atoms with van der Waals surface area (Å²) in [6.07, 6.45) is 1.71. The molecule has 6 nitrogen and oxygen atoms in total. The molecule has 32 heavy (non-hydrogen) atoms. The molecule has 0 fully saturated rings. The Morgan fingerprint density at radius 2 is 1.78 bits per heavy atom. The van der Waals surface area contributed by atoms with Gasteiger partial charge in [0.1, 0.15) is 11.6 Å². The fraction of sp³-hybridized carbons (Fsp3) is 0.115. The number of aromatic nitrogens is 2. The van der Waals surface area contributed by atoms with Gasteiger partial charge in [-0.3, -0.25) is 14.2 Å². The van der Waals surface area contributed by atoms with E-state index in [9.17, 15) is 9.59 Å². The quantitative estimate of drug-likeness (QED) is 0.463. The molecule has 0 saturated carbocycles. The number of carbonyl (C=O) groups is 1. The number of carbonyl (C=O) groups excluding carboxylic acids is 1. The molecule has 1 amide bonds. The number of para-hydroxylation sites is 1. The minimum absolute atomic E-state index is 0.134. The molecule has 158 valence electrons. The first-order valence-corrected chi connectivity index (χ1v) is 10.2. The maximum atomic E-state index is 13.5. The number of fused-ring (bicyclic) bond motifs is 2. The summed E-state index contributed by atoms with van der Waals surface area (Å²) in [5, 5.41) is 0.503. The standard InChI is InChI=1S/C26H21N3O3/c1-16-11-12-23-20(13-16)21(25(30)28(23)2)15-24-27-22-10-5-4-9-19(22)26(31)29(24)17-7-6-8-18(14-17)32-3/h4-15H,1-3H3. The van der Waals surface area contributed by atoms with Crippen LogP contribution in [0.5, 0.6) is 5.75 Å². The van der Waals surface area contributed by atoms with Gasteiger partial charge in [0.05, 0.1) is 35.0 Å². The number of aryl methyl sites for hydroxylation is 1. The number of hydrogen-bond donors (Lipinski definition) is 0. The number of ether oxygens (including phenoxy) is 1. The van der Waals surface area contributed by atoms with E-state index in [-0.39, 0.29) is 11.5 Å². The van der Waals surface area contributed by atoms with Gasteiger partial charge in [0.25, 0.3) is 11.5 Å². The average molecular weight is 423 g/mol. The fourth-order valence-electron chi connectivity index (χ4n) is 4.08. The van der Waals surface area contributed by atoms with Crippen LogP contribution in [0.15, 0.2) is 71.5 Å². The molecule has 0 unspecified atom stereocenters. The molecule has 0 radical (unpaired) electrons. The predicted octanol–water partition coefficient (Wildman–Crippen LogP) is 4.22. The van der Waals surface area contributed by atoms with Crippen LogP contribution in [-0.2, 0) is 4.79 Å². The van der Waals surface area contributed by atoms with E-state index in [1.54, 1.807) is 43.3 Å². The number of likely N-dealkylation sites (N-methyl/N-ethyl adjacent to an activating group) is 1. The lowest BCUT2D eigenvalue weighted by molar-refractivity contribution is -0.112. The number of amides is 1. The van der Waals surface area contributed by atoms with E-state index in [1.807, 2.05) is 55.5 Å². The van der Waals surface area contributed by atoms with Crippen LogP contribution in [0.2, 0.25) is 0 Å². The number of anilines is 1. The zero-order valence-electron chi connectivity index (χ0n) is 18.0. The number of nitrogens with zero attached hydrogens (tertiary/aromatic N) is 3. The molecule has 0 atom stereocenters. The van der Waals surface area contributed by atoms with Crippen LogP contribution in [-0.4, -0.2) is 29.6 Å². The molecule has 3 aromatic carbocycles. The summed E-state index contributed by atoms with van der Waals surface area (Å²) in [5.74, 6) is 0.872. The molecule has 0 saturated heterocycles. The lowest BCUT2D eigenvalue weighted by Crippen LogP contribution is -2.23. The van der Waals surface area contributed by atoms with Crippen LogP contribution >= 0.6 is 0 Å². The van der Waals surface area contributed by atoms with Crippen molar-refractivity contribution in [2.45, 2.75) is 6.92 Å². The summed E-state index contributed by atoms with van der Waals surface area (Å²) in [6, 6.07) is 20.3. The maximum absolute atomic E-state index is 13.5. The molecule has 4 aromatic rings. The van der Waals surface area contributed by atoms with Gasteiger partial charge >= 0.3 is 0 Å². The van der Waals surface area contributed by atoms with Crippen molar-refractivity contribution in [1.82, 2.24) is 9.55 Å². The highest BCUT2D eigenvalue weighted by atomic mass is 16.5. The first-order valence-electron chi connectivity index (χ1n) is 10.2. The van der Waals surface area contributed by atoms with Crippen molar-refractivity contribution in [3.8, 4) is 11.4 Å². The van der Waals surface area contributed by atoms with Crippen molar-refractivity contribution in [2.24, 2.45) is 0 Å². The van der Waals surface area contributed by atoms with Crippen LogP contribution in [0.1, 0.15) is 17.0 Å². The highest BCUT2D eigenvalue weighted by Crippen LogP contribution is 2.37. The van der Waals surface area contributed by atoms with E-state index < -0.39 is 0 Å². The number of hydrogen-bond acceptors (Lipinski definition) is 4. The van der Waals surface area contributed by atoms with Gasteiger partial charge in [0, 0.05) is 18.7 Å². The van der Waals surface area contributed by atoms with Crippen LogP contribution < -0.4 is 15.2 Å². The summed E-state index contributed by atoms with van der Waals surface area (Å²) >= 11 is 0. The number of benzene rings is 3. The summed E-state index contributed by atoms with van der Waals surface area (Å²) in [6.45, 7) is 1.99. The Labute approximate surface area is 185 Å². The maximum Gasteiger partial charge on any atom is 0.266 e. The van der Waals surface area contributed by atoms with Crippen molar-refractivity contribution in [2.75, 3.05) is 19.1 Å². The summed E-state index contributed by atoms with van der Waals surface area (Å²) < 4.78 is 6.88. The third-order valence-corrected chi connectivity index (χ3v) is 5.73. The zero-order chi connectivity index (χ0) is 22.4. The minimum atomic E-state index is -0.209. The van der Waals surface area contributed by atoms with Gasteiger partial charge in [-0.25, -0.2) is 4.98 Å². The summed E-state index contributed by atoms with van der Waals surface area (Å²) in [5.41, 5.74) is 4.20. The van der Waals surface area contributed by atoms with E-state index in [4.69, 9.17) is 9.72 Å². The summed E-state index contributed by atoms with van der Waals surface area (Å²) in [4.78, 5) is 33.0. The molecule has 6 heteroatoms. The van der Waals surface area contributed by atoms with Gasteiger partial charge in [0.15, 0.2) is 0 Å². The highest BCUT2D eigenvalue weighted by molar-refractivity contribution is 6.35. The molecule has 1 aliphatic rings. The Balaban J connectivity index is 1.82. The van der Waals surface area contributed by atoms with Gasteiger partial charge in [-0.05, 0) is 49.4 Å². The molecule has 5 rings (SSSR count). The number of methoxy groups -OCH3 is 1. The van der Waals surface area contributed by atoms with Crippen LogP contribution in [0.4, 0.5) is 5.69 Å². The van der Waals surface area contributed by atoms with Gasteiger partial charge in [0.2, 0.25) is 0 Å². The van der Waals surface area contributed by atoms with Gasteiger partial charge in [-0.15, -0.1) is 0 Å². The van der Waals surface area contributed by atoms with Crippen molar-refractivity contribution in [1.29, 1.82) is 0 Å². The smallest absolute Gasteiger partial charge is 0.266 e. The van der Waals surface area contributed by atoms with Crippen LogP contribution in [0.25, 0.3) is 28.2 Å². The SMILES string of the molecule is COc1cccc(-n2c(C=C3C(=O)N(C)c4ccc(C)cc43)nc3ccccc3c2=O)c1. The van der Waals surface area contributed by atoms with E-state index in [2.05, 4.69) is 0 Å². The molecule has 0 bridgehead atoms. The Morgan fingerprint density at radius 3 is 2.59 bits per heavy atom. The third kappa shape index (κ3) is 3.08. The lowest BCUT2D eigenvalue weighted by Gasteiger charge is -2.13. The Bertz CT molecular complexity index is 1480. The van der Waals surface area contributed by atoms with E-state index >= 15 is 0 Å². The number of rotatable bonds is 3. The Hall–Kier alpha value is -4.19. The van der Waals surface area contributed by atoms with E-state index in [0.29, 0.717) is 33.7 Å². The second-order valence-corrected chi connectivity index (χ2v) is 7.77. The fourth-order valence-corrected chi connectivity index (χ4v) is 4.08. The minimum Gasteiger partial charge on any atom is -0.497 e. The highest BCUT2D eigenvalue weighted by Gasteiger charge is 2.30. The zero-order valence-corrected chi connectivity index (χ0v) is 18.0. The Kier molecular flexibility index (Phi) is 4.63. The van der Waals surface area contributed by atoms with Crippen molar-refractivity contribution < 1.29 is 9.53 Å². The average Bonchev–Trinajstić information content (AvgIpc) is 3.03. The van der Waals surface area contributed by atoms with Gasteiger partial charge in [-0.1, -0.05) is 29.8 Å². The normalized spacial score (nSPS) is 14.3. The molecule has 1 aliphatic heterocycles. The molecule has 2 heterocycles. The lowest BCUT2D eigenvalue weighted by atomic mass is 10.0. The largest absolute Gasteiger partial charge is 0.497 e. The second-order valence-electron chi connectivity index (χ2n) is 7.77. The molecule has 1 aromatic heterocycles. The monoisotopic (exact) mass is 423 g/mol. The van der Waals surface area contributed by atoms with Gasteiger partial charge < -0.3 is 9.64 Å². The van der Waals surface area contributed by atoms with Crippen LogP contribution in [0.3, 0.4) is 0 Å². The van der Waals surface area contributed by atoms with Gasteiger partial charge in [-0.2, -0.15) is 0 Å². The second kappa shape index (κ2) is 7.50. The summed E-state index contributed by atoms with van der Waals surface area (Å²) in [7, 11) is 3.33. The molecular formula is C26H21N3O3. The molecule has 0 aliphatic carbocycles. The first-order chi connectivity index (χ1) is 15.5. The molecule has 0 spiro atoms. The van der Waals surface area contributed by atoms with E-state index in [1.165, 1.54) is 4.57 Å². The van der Waals surface area contributed by atoms with E-state index in [0.717, 1.165) is 16.8 Å². The predicted molar refractivity (Wildman–Crippen MR) is 126 cm³/mol. The van der Waals surface area contributed by atoms with Crippen molar-refractivity contribution in [3.05, 3.63) is 94.0 Å². The Morgan fingerprint density at radius 1 is 0.969 bits per heavy atom. The van der Waals surface area contributed by atoms with Crippen molar-refractivity contribution >= 4 is 34.1 Å². The van der Waals surface area contributed by atoms with Crippen molar-refractivity contribution in [3.63, 3.8) is 0 Å². The first kappa shape index (κ1) is 19.8. The third-order valence-electron chi connectivity index (χ3n) is 5.73. The van der Waals surface area contributed by atoms with Crippen LogP contribution in [0, 0.1) is 6.92 Å².